The van der Waals surface area contributed by atoms with Gasteiger partial charge in [0, 0.05) is 12.5 Å². The standard InChI is InChI=1S/C11H13FN4/c12-9-3-1-2-4-10(9)16-11(14)7-8(15-16)5-6-13/h1-4,7H,5-6,13-14H2. The first-order valence-electron chi connectivity index (χ1n) is 5.01. The van der Waals surface area contributed by atoms with Gasteiger partial charge in [-0.3, -0.25) is 0 Å². The summed E-state index contributed by atoms with van der Waals surface area (Å²) in [6, 6.07) is 8.07. The average Bonchev–Trinajstić information content (AvgIpc) is 2.61. The van der Waals surface area contributed by atoms with Gasteiger partial charge in [-0.2, -0.15) is 5.10 Å². The van der Waals surface area contributed by atoms with Crippen LogP contribution in [-0.2, 0) is 6.42 Å². The summed E-state index contributed by atoms with van der Waals surface area (Å²) in [5.41, 5.74) is 12.3. The van der Waals surface area contributed by atoms with Gasteiger partial charge in [0.2, 0.25) is 0 Å². The summed E-state index contributed by atoms with van der Waals surface area (Å²) in [6.45, 7) is 0.494. The monoisotopic (exact) mass is 220 g/mol. The second-order valence-corrected chi connectivity index (χ2v) is 3.46. The van der Waals surface area contributed by atoms with E-state index in [0.29, 0.717) is 24.5 Å². The van der Waals surface area contributed by atoms with Crippen molar-refractivity contribution in [3.05, 3.63) is 41.8 Å². The molecule has 1 aromatic heterocycles. The number of halogens is 1. The van der Waals surface area contributed by atoms with Crippen LogP contribution in [-0.4, -0.2) is 16.3 Å². The van der Waals surface area contributed by atoms with Gasteiger partial charge in [-0.1, -0.05) is 12.1 Å². The second kappa shape index (κ2) is 4.32. The van der Waals surface area contributed by atoms with Gasteiger partial charge in [-0.25, -0.2) is 9.07 Å². The highest BCUT2D eigenvalue weighted by Crippen LogP contribution is 2.17. The molecule has 2 aromatic rings. The number of nitrogens with two attached hydrogens (primary N) is 2. The molecule has 0 unspecified atom stereocenters. The van der Waals surface area contributed by atoms with E-state index >= 15 is 0 Å². The predicted molar refractivity (Wildman–Crippen MR) is 60.7 cm³/mol. The quantitative estimate of drug-likeness (QED) is 0.813. The van der Waals surface area contributed by atoms with E-state index in [0.717, 1.165) is 5.69 Å². The van der Waals surface area contributed by atoms with Crippen LogP contribution in [0.5, 0.6) is 0 Å². The van der Waals surface area contributed by atoms with Gasteiger partial charge in [0.1, 0.15) is 17.3 Å². The fourth-order valence-electron chi connectivity index (χ4n) is 1.53. The van der Waals surface area contributed by atoms with E-state index in [9.17, 15) is 4.39 Å². The van der Waals surface area contributed by atoms with Crippen LogP contribution in [0.1, 0.15) is 5.69 Å². The van der Waals surface area contributed by atoms with Crippen LogP contribution < -0.4 is 11.5 Å². The zero-order valence-corrected chi connectivity index (χ0v) is 8.73. The zero-order valence-electron chi connectivity index (χ0n) is 8.73. The number of hydrogen-bond donors (Lipinski definition) is 2. The largest absolute Gasteiger partial charge is 0.384 e. The van der Waals surface area contributed by atoms with Crippen molar-refractivity contribution in [3.8, 4) is 5.69 Å². The molecule has 4 nitrogen and oxygen atoms in total. The first-order chi connectivity index (χ1) is 7.72. The van der Waals surface area contributed by atoms with Crippen LogP contribution in [0.15, 0.2) is 30.3 Å². The Labute approximate surface area is 92.7 Å². The Morgan fingerprint density at radius 1 is 1.31 bits per heavy atom. The van der Waals surface area contributed by atoms with Crippen molar-refractivity contribution in [3.63, 3.8) is 0 Å². The third-order valence-electron chi connectivity index (χ3n) is 2.27. The van der Waals surface area contributed by atoms with Crippen LogP contribution in [0.25, 0.3) is 5.69 Å². The van der Waals surface area contributed by atoms with Gasteiger partial charge in [-0.15, -0.1) is 0 Å². The molecule has 0 radical (unpaired) electrons. The van der Waals surface area contributed by atoms with Crippen LogP contribution in [0.3, 0.4) is 0 Å². The van der Waals surface area contributed by atoms with E-state index < -0.39 is 0 Å². The van der Waals surface area contributed by atoms with E-state index in [1.807, 2.05) is 0 Å². The van der Waals surface area contributed by atoms with Gasteiger partial charge < -0.3 is 11.5 Å². The SMILES string of the molecule is NCCc1cc(N)n(-c2ccccc2F)n1. The Morgan fingerprint density at radius 2 is 2.06 bits per heavy atom. The predicted octanol–water partition coefficient (Wildman–Crippen LogP) is 1.09. The molecule has 0 saturated carbocycles. The number of rotatable bonds is 3. The van der Waals surface area contributed by atoms with Crippen molar-refractivity contribution < 1.29 is 4.39 Å². The summed E-state index contributed by atoms with van der Waals surface area (Å²) in [6.07, 6.45) is 0.631. The lowest BCUT2D eigenvalue weighted by molar-refractivity contribution is 0.610. The number of nitrogens with zero attached hydrogens (tertiary/aromatic N) is 2. The lowest BCUT2D eigenvalue weighted by atomic mass is 10.3. The van der Waals surface area contributed by atoms with Crippen molar-refractivity contribution >= 4 is 5.82 Å². The summed E-state index contributed by atoms with van der Waals surface area (Å²) in [5.74, 6) is 0.0603. The molecule has 0 aliphatic rings. The lowest BCUT2D eigenvalue weighted by Gasteiger charge is -2.04. The van der Waals surface area contributed by atoms with Crippen LogP contribution in [0.2, 0.25) is 0 Å². The molecule has 0 amide bonds. The average molecular weight is 220 g/mol. The van der Waals surface area contributed by atoms with E-state index in [2.05, 4.69) is 5.10 Å². The maximum absolute atomic E-state index is 13.5. The molecule has 1 heterocycles. The molecular weight excluding hydrogens is 207 g/mol. The number of anilines is 1. The Morgan fingerprint density at radius 3 is 2.75 bits per heavy atom. The molecule has 0 aliphatic heterocycles. The Balaban J connectivity index is 2.44. The number of para-hydroxylation sites is 1. The molecule has 0 bridgehead atoms. The highest BCUT2D eigenvalue weighted by atomic mass is 19.1. The van der Waals surface area contributed by atoms with Crippen LogP contribution in [0, 0.1) is 5.82 Å². The minimum absolute atomic E-state index is 0.350. The molecule has 0 saturated heterocycles. The molecule has 16 heavy (non-hydrogen) atoms. The summed E-state index contributed by atoms with van der Waals surface area (Å²) in [4.78, 5) is 0. The Kier molecular flexibility index (Phi) is 2.87. The number of benzene rings is 1. The molecule has 0 spiro atoms. The molecule has 0 fully saturated rings. The molecule has 2 rings (SSSR count). The Bertz CT molecular complexity index is 492. The van der Waals surface area contributed by atoms with Gasteiger partial charge in [-0.05, 0) is 18.7 Å². The van der Waals surface area contributed by atoms with Crippen molar-refractivity contribution in [1.29, 1.82) is 0 Å². The highest BCUT2D eigenvalue weighted by Gasteiger charge is 2.09. The van der Waals surface area contributed by atoms with Gasteiger partial charge in [0.15, 0.2) is 0 Å². The summed E-state index contributed by atoms with van der Waals surface area (Å²) in [5, 5.41) is 4.20. The number of aromatic nitrogens is 2. The van der Waals surface area contributed by atoms with E-state index in [1.54, 1.807) is 24.3 Å². The van der Waals surface area contributed by atoms with Crippen LogP contribution >= 0.6 is 0 Å². The van der Waals surface area contributed by atoms with E-state index in [1.165, 1.54) is 10.7 Å². The van der Waals surface area contributed by atoms with Gasteiger partial charge in [0.05, 0.1) is 5.69 Å². The molecule has 84 valence electrons. The van der Waals surface area contributed by atoms with E-state index in [4.69, 9.17) is 11.5 Å². The maximum Gasteiger partial charge on any atom is 0.148 e. The maximum atomic E-state index is 13.5. The number of nitrogen functional groups attached to an aromatic ring is 1. The summed E-state index contributed by atoms with van der Waals surface area (Å²) in [7, 11) is 0. The first-order valence-corrected chi connectivity index (χ1v) is 5.01. The van der Waals surface area contributed by atoms with Crippen molar-refractivity contribution in [2.45, 2.75) is 6.42 Å². The third kappa shape index (κ3) is 1.90. The fraction of sp³-hybridized carbons (Fsp3) is 0.182. The minimum atomic E-state index is -0.350. The fourth-order valence-corrected chi connectivity index (χ4v) is 1.53. The van der Waals surface area contributed by atoms with Gasteiger partial charge >= 0.3 is 0 Å². The number of hydrogen-bond acceptors (Lipinski definition) is 3. The molecular formula is C11H13FN4. The van der Waals surface area contributed by atoms with E-state index in [-0.39, 0.29) is 5.82 Å². The lowest BCUT2D eigenvalue weighted by Crippen LogP contribution is -2.06. The molecule has 1 aromatic carbocycles. The third-order valence-corrected chi connectivity index (χ3v) is 2.27. The Hall–Kier alpha value is -1.88. The van der Waals surface area contributed by atoms with Crippen molar-refractivity contribution in [2.24, 2.45) is 5.73 Å². The minimum Gasteiger partial charge on any atom is -0.384 e. The second-order valence-electron chi connectivity index (χ2n) is 3.46. The highest BCUT2D eigenvalue weighted by molar-refractivity contribution is 5.43. The van der Waals surface area contributed by atoms with Crippen molar-refractivity contribution in [2.75, 3.05) is 12.3 Å². The molecule has 0 aliphatic carbocycles. The smallest absolute Gasteiger partial charge is 0.148 e. The first kappa shape index (κ1) is 10.6. The normalized spacial score (nSPS) is 10.6. The topological polar surface area (TPSA) is 69.9 Å². The van der Waals surface area contributed by atoms with Crippen LogP contribution in [0.4, 0.5) is 10.2 Å². The van der Waals surface area contributed by atoms with Gasteiger partial charge in [0.25, 0.3) is 0 Å². The summed E-state index contributed by atoms with van der Waals surface area (Å²) < 4.78 is 14.9. The summed E-state index contributed by atoms with van der Waals surface area (Å²) >= 11 is 0. The zero-order chi connectivity index (χ0) is 11.5. The molecule has 4 N–H and O–H groups in total. The van der Waals surface area contributed by atoms with Crippen molar-refractivity contribution in [1.82, 2.24) is 9.78 Å². The molecule has 0 atom stereocenters. The molecule has 5 heteroatoms.